The number of nitrogens with two attached hydrogens (primary N) is 1. The molecule has 1 rings (SSSR count). The summed E-state index contributed by atoms with van der Waals surface area (Å²) in [6.45, 7) is 13.6. The van der Waals surface area contributed by atoms with E-state index in [0.29, 0.717) is 24.4 Å². The summed E-state index contributed by atoms with van der Waals surface area (Å²) in [6.07, 6.45) is -0.527. The summed E-state index contributed by atoms with van der Waals surface area (Å²) in [5.74, 6) is 0.463. The average Bonchev–Trinajstić information content (AvgIpc) is 2.47. The maximum absolute atomic E-state index is 12.2. The quantitative estimate of drug-likeness (QED) is 0.494. The summed E-state index contributed by atoms with van der Waals surface area (Å²) in [4.78, 5) is 12.2. The molecule has 1 aromatic rings. The Morgan fingerprint density at radius 3 is 2.44 bits per heavy atom. The number of nitrogens with one attached hydrogen (secondary N) is 2. The van der Waals surface area contributed by atoms with E-state index >= 15 is 0 Å². The fourth-order valence-corrected chi connectivity index (χ4v) is 2.11. The minimum atomic E-state index is -0.527. The highest BCUT2D eigenvalue weighted by Crippen LogP contribution is 2.15. The van der Waals surface area contributed by atoms with Gasteiger partial charge in [0.2, 0.25) is 0 Å². The van der Waals surface area contributed by atoms with Crippen LogP contribution in [-0.2, 0) is 4.74 Å². The van der Waals surface area contributed by atoms with E-state index in [-0.39, 0.29) is 23.7 Å². The van der Waals surface area contributed by atoms with Crippen LogP contribution in [0.5, 0.6) is 5.75 Å². The van der Waals surface area contributed by atoms with Crippen LogP contribution < -0.4 is 21.1 Å². The van der Waals surface area contributed by atoms with Crippen LogP contribution in [-0.4, -0.2) is 43.0 Å². The summed E-state index contributed by atoms with van der Waals surface area (Å²) in [5, 5.41) is 6.21. The van der Waals surface area contributed by atoms with Crippen molar-refractivity contribution in [1.29, 1.82) is 0 Å². The van der Waals surface area contributed by atoms with Gasteiger partial charge in [-0.25, -0.2) is 0 Å². The Kier molecular flexibility index (Phi) is 7.86. The van der Waals surface area contributed by atoms with Gasteiger partial charge < -0.3 is 25.8 Å². The highest BCUT2D eigenvalue weighted by Gasteiger charge is 2.16. The Labute approximate surface area is 151 Å². The van der Waals surface area contributed by atoms with E-state index in [2.05, 4.69) is 31.4 Å². The Hall–Kier alpha value is -1.63. The summed E-state index contributed by atoms with van der Waals surface area (Å²) >= 11 is 0. The molecule has 4 N–H and O–H groups in total. The van der Waals surface area contributed by atoms with Crippen LogP contribution >= 0.6 is 0 Å². The molecule has 0 heterocycles. The maximum Gasteiger partial charge on any atom is 0.251 e. The van der Waals surface area contributed by atoms with E-state index in [9.17, 15) is 4.79 Å². The third-order valence-electron chi connectivity index (χ3n) is 3.08. The number of hydrogen-bond donors (Lipinski definition) is 3. The third kappa shape index (κ3) is 10.1. The van der Waals surface area contributed by atoms with Gasteiger partial charge in [-0.05, 0) is 59.7 Å². The molecule has 0 bridgehead atoms. The van der Waals surface area contributed by atoms with Gasteiger partial charge >= 0.3 is 0 Å². The van der Waals surface area contributed by atoms with Gasteiger partial charge in [0.1, 0.15) is 18.6 Å². The van der Waals surface area contributed by atoms with Gasteiger partial charge in [0.25, 0.3) is 5.91 Å². The normalized spacial score (nSPS) is 13.4. The van der Waals surface area contributed by atoms with Crippen LogP contribution in [0.4, 0.5) is 0 Å². The van der Waals surface area contributed by atoms with E-state index < -0.39 is 6.23 Å². The van der Waals surface area contributed by atoms with E-state index in [1.54, 1.807) is 24.3 Å². The molecule has 0 saturated heterocycles. The standard InChI is InChI=1S/C19H33N3O3/c1-18(2,3)22-11-10-21-17(23)14-8-7-9-15(12-14)24-13-16(20)25-19(4,5)6/h7-9,12,16,22H,10-11,13,20H2,1-6H3,(H,21,23). The smallest absolute Gasteiger partial charge is 0.251 e. The third-order valence-corrected chi connectivity index (χ3v) is 3.08. The van der Waals surface area contributed by atoms with Gasteiger partial charge in [-0.2, -0.15) is 0 Å². The predicted molar refractivity (Wildman–Crippen MR) is 101 cm³/mol. The zero-order chi connectivity index (χ0) is 19.1. The second-order valence-electron chi connectivity index (χ2n) is 8.04. The lowest BCUT2D eigenvalue weighted by molar-refractivity contribution is -0.0726. The molecule has 142 valence electrons. The number of ether oxygens (including phenoxy) is 2. The molecule has 6 heteroatoms. The molecule has 1 unspecified atom stereocenters. The average molecular weight is 351 g/mol. The highest BCUT2D eigenvalue weighted by molar-refractivity contribution is 5.94. The van der Waals surface area contributed by atoms with Crippen molar-refractivity contribution in [2.75, 3.05) is 19.7 Å². The van der Waals surface area contributed by atoms with Gasteiger partial charge in [0, 0.05) is 24.2 Å². The van der Waals surface area contributed by atoms with E-state index in [0.717, 1.165) is 0 Å². The Balaban J connectivity index is 2.47. The Bertz CT molecular complexity index is 548. The molecule has 0 aromatic heterocycles. The Morgan fingerprint density at radius 1 is 1.16 bits per heavy atom. The number of rotatable bonds is 8. The van der Waals surface area contributed by atoms with Crippen molar-refractivity contribution in [3.8, 4) is 5.75 Å². The summed E-state index contributed by atoms with van der Waals surface area (Å²) in [5.41, 5.74) is 6.15. The lowest BCUT2D eigenvalue weighted by atomic mass is 10.1. The molecule has 0 radical (unpaired) electrons. The molecule has 1 aromatic carbocycles. The van der Waals surface area contributed by atoms with Crippen LogP contribution in [0.2, 0.25) is 0 Å². The molecule has 0 aliphatic heterocycles. The molecule has 0 spiro atoms. The monoisotopic (exact) mass is 351 g/mol. The number of carbonyl (C=O) groups excluding carboxylic acids is 1. The number of benzene rings is 1. The predicted octanol–water partition coefficient (Wildman–Crippen LogP) is 2.28. The summed E-state index contributed by atoms with van der Waals surface area (Å²) < 4.78 is 11.2. The Morgan fingerprint density at radius 2 is 1.84 bits per heavy atom. The zero-order valence-corrected chi connectivity index (χ0v) is 16.3. The van der Waals surface area contributed by atoms with Gasteiger partial charge in [-0.3, -0.25) is 4.79 Å². The van der Waals surface area contributed by atoms with Crippen molar-refractivity contribution >= 4 is 5.91 Å². The number of amides is 1. The first-order valence-electron chi connectivity index (χ1n) is 8.66. The lowest BCUT2D eigenvalue weighted by Gasteiger charge is -2.24. The van der Waals surface area contributed by atoms with Crippen LogP contribution in [0, 0.1) is 0 Å². The fraction of sp³-hybridized carbons (Fsp3) is 0.632. The minimum Gasteiger partial charge on any atom is -0.489 e. The van der Waals surface area contributed by atoms with Crippen molar-refractivity contribution in [3.63, 3.8) is 0 Å². The molecule has 1 amide bonds. The molecule has 1 atom stereocenters. The first kappa shape index (κ1) is 21.4. The first-order chi connectivity index (χ1) is 11.5. The lowest BCUT2D eigenvalue weighted by Crippen LogP contribution is -2.41. The topological polar surface area (TPSA) is 85.6 Å². The van der Waals surface area contributed by atoms with Crippen LogP contribution in [0.1, 0.15) is 51.9 Å². The number of carbonyl (C=O) groups is 1. The van der Waals surface area contributed by atoms with E-state index in [4.69, 9.17) is 15.2 Å². The highest BCUT2D eigenvalue weighted by atomic mass is 16.6. The minimum absolute atomic E-state index is 0.0341. The van der Waals surface area contributed by atoms with Crippen LogP contribution in [0.15, 0.2) is 24.3 Å². The second-order valence-corrected chi connectivity index (χ2v) is 8.04. The van der Waals surface area contributed by atoms with Crippen molar-refractivity contribution < 1.29 is 14.3 Å². The molecule has 0 aliphatic carbocycles. The fourth-order valence-electron chi connectivity index (χ4n) is 2.11. The number of hydrogen-bond acceptors (Lipinski definition) is 5. The first-order valence-corrected chi connectivity index (χ1v) is 8.66. The molecular weight excluding hydrogens is 318 g/mol. The molecule has 6 nitrogen and oxygen atoms in total. The van der Waals surface area contributed by atoms with Gasteiger partial charge in [-0.15, -0.1) is 0 Å². The summed E-state index contributed by atoms with van der Waals surface area (Å²) in [6, 6.07) is 7.04. The molecule has 0 fully saturated rings. The van der Waals surface area contributed by atoms with Gasteiger partial charge in [0.15, 0.2) is 0 Å². The zero-order valence-electron chi connectivity index (χ0n) is 16.3. The van der Waals surface area contributed by atoms with Crippen molar-refractivity contribution in [3.05, 3.63) is 29.8 Å². The maximum atomic E-state index is 12.2. The van der Waals surface area contributed by atoms with Gasteiger partial charge in [-0.1, -0.05) is 6.07 Å². The van der Waals surface area contributed by atoms with Crippen molar-refractivity contribution in [2.24, 2.45) is 5.73 Å². The molecular formula is C19H33N3O3. The second kappa shape index (κ2) is 9.17. The largest absolute Gasteiger partial charge is 0.489 e. The molecule has 0 aliphatic rings. The van der Waals surface area contributed by atoms with E-state index in [1.165, 1.54) is 0 Å². The van der Waals surface area contributed by atoms with Crippen LogP contribution in [0.3, 0.4) is 0 Å². The molecule has 25 heavy (non-hydrogen) atoms. The molecule has 0 saturated carbocycles. The van der Waals surface area contributed by atoms with Gasteiger partial charge in [0.05, 0.1) is 5.60 Å². The van der Waals surface area contributed by atoms with Crippen molar-refractivity contribution in [2.45, 2.75) is 58.9 Å². The summed E-state index contributed by atoms with van der Waals surface area (Å²) in [7, 11) is 0. The SMILES string of the molecule is CC(C)(C)NCCNC(=O)c1cccc(OCC(N)OC(C)(C)C)c1. The van der Waals surface area contributed by atoms with E-state index in [1.807, 2.05) is 20.8 Å². The van der Waals surface area contributed by atoms with Crippen LogP contribution in [0.25, 0.3) is 0 Å². The van der Waals surface area contributed by atoms with Crippen molar-refractivity contribution in [1.82, 2.24) is 10.6 Å².